The topological polar surface area (TPSA) is 86.3 Å². The molecule has 0 spiro atoms. The third kappa shape index (κ3) is 3.73. The second kappa shape index (κ2) is 5.96. The van der Waals surface area contributed by atoms with Gasteiger partial charge >= 0.3 is 0 Å². The van der Waals surface area contributed by atoms with Crippen LogP contribution in [0.3, 0.4) is 0 Å². The first kappa shape index (κ1) is 14.4. The van der Waals surface area contributed by atoms with Crippen LogP contribution in [-0.4, -0.2) is 9.85 Å². The number of aryl methyl sites for hydroxylation is 1. The Kier molecular flexibility index (Phi) is 4.08. The molecule has 6 heteroatoms. The largest absolute Gasteiger partial charge is 0.276 e. The first-order chi connectivity index (χ1) is 9.95. The molecule has 0 aliphatic carbocycles. The third-order valence-corrected chi connectivity index (χ3v) is 2.89. The molecule has 2 aromatic carbocycles. The van der Waals surface area contributed by atoms with Crippen molar-refractivity contribution < 1.29 is 9.85 Å². The summed E-state index contributed by atoms with van der Waals surface area (Å²) < 4.78 is 0. The highest BCUT2D eigenvalue weighted by Gasteiger charge is 2.15. The van der Waals surface area contributed by atoms with Crippen molar-refractivity contribution in [3.63, 3.8) is 0 Å². The van der Waals surface area contributed by atoms with E-state index in [1.54, 1.807) is 12.2 Å². The van der Waals surface area contributed by atoms with Gasteiger partial charge in [0.1, 0.15) is 0 Å². The monoisotopic (exact) mass is 284 g/mol. The zero-order valence-corrected chi connectivity index (χ0v) is 11.2. The van der Waals surface area contributed by atoms with Gasteiger partial charge in [-0.15, -0.1) is 0 Å². The van der Waals surface area contributed by atoms with Crippen LogP contribution in [0.5, 0.6) is 0 Å². The van der Waals surface area contributed by atoms with Crippen LogP contribution < -0.4 is 0 Å². The van der Waals surface area contributed by atoms with E-state index in [0.717, 1.165) is 17.2 Å². The molecule has 0 aliphatic rings. The van der Waals surface area contributed by atoms with E-state index in [1.807, 2.05) is 31.2 Å². The second-order valence-electron chi connectivity index (χ2n) is 4.54. The molecule has 0 unspecified atom stereocenters. The van der Waals surface area contributed by atoms with Gasteiger partial charge in [0.2, 0.25) is 0 Å². The summed E-state index contributed by atoms with van der Waals surface area (Å²) in [6.07, 6.45) is 3.37. The van der Waals surface area contributed by atoms with Crippen LogP contribution >= 0.6 is 0 Å². The zero-order chi connectivity index (χ0) is 15.4. The smallest absolute Gasteiger partial charge is 0.258 e. The number of nitrogens with zero attached hydrogens (tertiary/aromatic N) is 2. The van der Waals surface area contributed by atoms with Crippen molar-refractivity contribution >= 4 is 23.5 Å². The Balaban J connectivity index is 2.36. The predicted octanol–water partition coefficient (Wildman–Crippen LogP) is 3.98. The second-order valence-corrected chi connectivity index (χ2v) is 4.54. The summed E-state index contributed by atoms with van der Waals surface area (Å²) >= 11 is 0. The van der Waals surface area contributed by atoms with Crippen molar-refractivity contribution in [1.82, 2.24) is 0 Å². The Morgan fingerprint density at radius 2 is 1.29 bits per heavy atom. The summed E-state index contributed by atoms with van der Waals surface area (Å²) in [4.78, 5) is 20.3. The highest BCUT2D eigenvalue weighted by atomic mass is 16.6. The average Bonchev–Trinajstić information content (AvgIpc) is 2.46. The third-order valence-electron chi connectivity index (χ3n) is 2.89. The molecule has 0 saturated carbocycles. The number of hydrogen-bond donors (Lipinski definition) is 0. The lowest BCUT2D eigenvalue weighted by Crippen LogP contribution is -1.93. The lowest BCUT2D eigenvalue weighted by molar-refractivity contribution is -0.394. The molecule has 0 N–H and O–H groups in total. The van der Waals surface area contributed by atoms with Crippen molar-refractivity contribution in [1.29, 1.82) is 0 Å². The minimum absolute atomic E-state index is 0.298. The molecule has 0 radical (unpaired) electrons. The Morgan fingerprint density at radius 3 is 1.76 bits per heavy atom. The number of rotatable bonds is 4. The highest BCUT2D eigenvalue weighted by molar-refractivity contribution is 5.72. The number of hydrogen-bond acceptors (Lipinski definition) is 4. The van der Waals surface area contributed by atoms with E-state index in [-0.39, 0.29) is 11.4 Å². The predicted molar refractivity (Wildman–Crippen MR) is 79.9 cm³/mol. The normalized spacial score (nSPS) is 10.7. The van der Waals surface area contributed by atoms with Gasteiger partial charge in [-0.2, -0.15) is 0 Å². The fourth-order valence-corrected chi connectivity index (χ4v) is 1.80. The van der Waals surface area contributed by atoms with Gasteiger partial charge in [-0.05, 0) is 18.1 Å². The maximum atomic E-state index is 10.8. The molecule has 6 nitrogen and oxygen atoms in total. The summed E-state index contributed by atoms with van der Waals surface area (Å²) in [7, 11) is 0. The standard InChI is InChI=1S/C15H12N2O4/c1-11-2-4-12(5-3-11)6-7-13-8-14(16(18)19)10-15(9-13)17(20)21/h2-10H,1H3/b7-6+. The van der Waals surface area contributed by atoms with Crippen LogP contribution in [0.4, 0.5) is 11.4 Å². The molecular weight excluding hydrogens is 272 g/mol. The van der Waals surface area contributed by atoms with Crippen LogP contribution in [0.15, 0.2) is 42.5 Å². The quantitative estimate of drug-likeness (QED) is 0.482. The summed E-state index contributed by atoms with van der Waals surface area (Å²) in [5, 5.41) is 21.6. The van der Waals surface area contributed by atoms with Crippen molar-refractivity contribution in [3.05, 3.63) is 79.4 Å². The van der Waals surface area contributed by atoms with E-state index in [9.17, 15) is 20.2 Å². The van der Waals surface area contributed by atoms with Crippen LogP contribution in [0.25, 0.3) is 12.2 Å². The Morgan fingerprint density at radius 1 is 0.810 bits per heavy atom. The molecule has 0 aromatic heterocycles. The van der Waals surface area contributed by atoms with Gasteiger partial charge in [0.25, 0.3) is 11.4 Å². The molecular formula is C15H12N2O4. The van der Waals surface area contributed by atoms with Crippen LogP contribution in [0.1, 0.15) is 16.7 Å². The van der Waals surface area contributed by atoms with Gasteiger partial charge in [-0.3, -0.25) is 20.2 Å². The molecule has 0 amide bonds. The van der Waals surface area contributed by atoms with Crippen molar-refractivity contribution in [3.8, 4) is 0 Å². The molecule has 0 fully saturated rings. The summed E-state index contributed by atoms with van der Waals surface area (Å²) in [6, 6.07) is 11.2. The lowest BCUT2D eigenvalue weighted by atomic mass is 10.1. The number of benzene rings is 2. The zero-order valence-electron chi connectivity index (χ0n) is 11.2. The number of non-ortho nitro benzene ring substituents is 2. The van der Waals surface area contributed by atoms with Crippen LogP contribution in [0.2, 0.25) is 0 Å². The molecule has 0 aliphatic heterocycles. The Hall–Kier alpha value is -3.02. The van der Waals surface area contributed by atoms with E-state index in [0.29, 0.717) is 5.56 Å². The minimum atomic E-state index is -0.643. The van der Waals surface area contributed by atoms with Crippen LogP contribution in [-0.2, 0) is 0 Å². The maximum absolute atomic E-state index is 10.8. The average molecular weight is 284 g/mol. The molecule has 0 saturated heterocycles. The first-order valence-electron chi connectivity index (χ1n) is 6.14. The highest BCUT2D eigenvalue weighted by Crippen LogP contribution is 2.24. The van der Waals surface area contributed by atoms with Gasteiger partial charge < -0.3 is 0 Å². The molecule has 0 bridgehead atoms. The van der Waals surface area contributed by atoms with E-state index in [4.69, 9.17) is 0 Å². The van der Waals surface area contributed by atoms with E-state index in [2.05, 4.69) is 0 Å². The SMILES string of the molecule is Cc1ccc(/C=C/c2cc([N+](=O)[O-])cc([N+](=O)[O-])c2)cc1. The molecule has 21 heavy (non-hydrogen) atoms. The van der Waals surface area contributed by atoms with Crippen molar-refractivity contribution in [2.45, 2.75) is 6.92 Å². The van der Waals surface area contributed by atoms with Gasteiger partial charge in [-0.25, -0.2) is 0 Å². The molecule has 106 valence electrons. The van der Waals surface area contributed by atoms with Gasteiger partial charge in [0.15, 0.2) is 0 Å². The molecule has 2 aromatic rings. The van der Waals surface area contributed by atoms with Gasteiger partial charge in [-0.1, -0.05) is 42.0 Å². The van der Waals surface area contributed by atoms with E-state index in [1.165, 1.54) is 12.1 Å². The number of nitro benzene ring substituents is 2. The fraction of sp³-hybridized carbons (Fsp3) is 0.0667. The summed E-state index contributed by atoms with van der Waals surface area (Å²) in [5.41, 5.74) is 1.85. The van der Waals surface area contributed by atoms with E-state index >= 15 is 0 Å². The first-order valence-corrected chi connectivity index (χ1v) is 6.14. The van der Waals surface area contributed by atoms with E-state index < -0.39 is 9.85 Å². The number of nitro groups is 2. The van der Waals surface area contributed by atoms with Crippen molar-refractivity contribution in [2.24, 2.45) is 0 Å². The Labute approximate surface area is 120 Å². The van der Waals surface area contributed by atoms with Gasteiger partial charge in [0, 0.05) is 12.1 Å². The Bertz CT molecular complexity index is 689. The van der Waals surface area contributed by atoms with Crippen LogP contribution in [0, 0.1) is 27.2 Å². The lowest BCUT2D eigenvalue weighted by Gasteiger charge is -1.98. The van der Waals surface area contributed by atoms with Crippen molar-refractivity contribution in [2.75, 3.05) is 0 Å². The molecule has 2 rings (SSSR count). The minimum Gasteiger partial charge on any atom is -0.258 e. The molecule has 0 atom stereocenters. The molecule has 0 heterocycles. The fourth-order valence-electron chi connectivity index (χ4n) is 1.80. The van der Waals surface area contributed by atoms with Gasteiger partial charge in [0.05, 0.1) is 15.9 Å². The maximum Gasteiger partial charge on any atom is 0.276 e. The summed E-state index contributed by atoms with van der Waals surface area (Å²) in [6.45, 7) is 1.97. The summed E-state index contributed by atoms with van der Waals surface area (Å²) in [5.74, 6) is 0.